The van der Waals surface area contributed by atoms with Gasteiger partial charge in [0, 0.05) is 26.0 Å². The minimum atomic E-state index is -3.85. The number of hydrogen-bond donors (Lipinski definition) is 4. The summed E-state index contributed by atoms with van der Waals surface area (Å²) < 4.78 is 38.1. The largest absolute Gasteiger partial charge is 0.388 e. The number of aromatic nitrogens is 1. The number of aliphatic hydroxyl groups excluding tert-OH is 1. The average Bonchev–Trinajstić information content (AvgIpc) is 3.05. The quantitative estimate of drug-likeness (QED) is 0.137. The number of hydrogen-bond acceptors (Lipinski definition) is 9. The fourth-order valence-electron chi connectivity index (χ4n) is 5.05. The van der Waals surface area contributed by atoms with Crippen molar-refractivity contribution in [2.75, 3.05) is 32.6 Å². The van der Waals surface area contributed by atoms with E-state index in [0.29, 0.717) is 32.2 Å². The smallest absolute Gasteiger partial charge is 0.253 e. The van der Waals surface area contributed by atoms with E-state index in [2.05, 4.69) is 20.9 Å². The molecule has 4 unspecified atom stereocenters. The first-order chi connectivity index (χ1) is 22.4. The lowest BCUT2D eigenvalue weighted by Gasteiger charge is -2.31. The fraction of sp³-hybridized carbons (Fsp3) is 0.588. The Morgan fingerprint density at radius 1 is 0.936 bits per heavy atom. The number of nitrogens with one attached hydrogen (secondary N) is 3. The van der Waals surface area contributed by atoms with Crippen LogP contribution in [0.5, 0.6) is 0 Å². The van der Waals surface area contributed by atoms with E-state index in [1.165, 1.54) is 25.6 Å². The van der Waals surface area contributed by atoms with Crippen LogP contribution in [0.15, 0.2) is 54.9 Å². The van der Waals surface area contributed by atoms with Crippen molar-refractivity contribution < 1.29 is 37.4 Å². The molecular formula is C34H52N4O8S. The van der Waals surface area contributed by atoms with Gasteiger partial charge >= 0.3 is 0 Å². The highest BCUT2D eigenvalue weighted by Crippen LogP contribution is 2.18. The maximum absolute atomic E-state index is 14.0. The summed E-state index contributed by atoms with van der Waals surface area (Å²) in [6, 6.07) is 9.47. The molecule has 0 fully saturated rings. The molecule has 4 atom stereocenters. The number of rotatable bonds is 22. The van der Waals surface area contributed by atoms with Gasteiger partial charge in [-0.15, -0.1) is 0 Å². The summed E-state index contributed by atoms with van der Waals surface area (Å²) in [5, 5.41) is 19.1. The van der Waals surface area contributed by atoms with E-state index in [1.54, 1.807) is 30.3 Å². The van der Waals surface area contributed by atoms with Crippen molar-refractivity contribution in [1.29, 1.82) is 0 Å². The number of carbonyl (C=O) groups is 3. The van der Waals surface area contributed by atoms with Crippen LogP contribution in [0.3, 0.4) is 0 Å². The number of sulfone groups is 1. The molecule has 3 amide bonds. The lowest BCUT2D eigenvalue weighted by Crippen LogP contribution is -2.59. The second-order valence-corrected chi connectivity index (χ2v) is 14.3. The number of amides is 3. The summed E-state index contributed by atoms with van der Waals surface area (Å²) in [6.07, 6.45) is 2.06. The molecule has 0 spiro atoms. The summed E-state index contributed by atoms with van der Waals surface area (Å²) in [5.74, 6) is -2.58. The highest BCUT2D eigenvalue weighted by Gasteiger charge is 2.38. The number of methoxy groups -OCH3 is 1. The molecule has 13 heteroatoms. The SMILES string of the molecule is CCCC(CCC)S(=O)(=O)CC(NC(=O)c1cccnc1)C(=O)NC(Cc1ccccc1)C(O)C(OCCOC)C(=O)NCC(C)C. The molecule has 0 saturated heterocycles. The number of carbonyl (C=O) groups excluding carboxylic acids is 3. The Morgan fingerprint density at radius 3 is 2.19 bits per heavy atom. The average molecular weight is 677 g/mol. The Labute approximate surface area is 279 Å². The van der Waals surface area contributed by atoms with Crippen molar-refractivity contribution in [3.8, 4) is 0 Å². The minimum absolute atomic E-state index is 0.00237. The number of aliphatic hydroxyl groups is 1. The van der Waals surface area contributed by atoms with E-state index in [-0.39, 0.29) is 31.1 Å². The van der Waals surface area contributed by atoms with E-state index in [4.69, 9.17) is 9.47 Å². The van der Waals surface area contributed by atoms with Crippen LogP contribution < -0.4 is 16.0 Å². The van der Waals surface area contributed by atoms with Crippen molar-refractivity contribution in [3.63, 3.8) is 0 Å². The first kappa shape index (κ1) is 39.8. The van der Waals surface area contributed by atoms with Crippen LogP contribution in [0.4, 0.5) is 0 Å². The maximum atomic E-state index is 14.0. The highest BCUT2D eigenvalue weighted by atomic mass is 32.2. The molecule has 4 N–H and O–H groups in total. The molecule has 12 nitrogen and oxygen atoms in total. The zero-order valence-electron chi connectivity index (χ0n) is 28.2. The predicted molar refractivity (Wildman–Crippen MR) is 180 cm³/mol. The van der Waals surface area contributed by atoms with Crippen LogP contribution in [0.1, 0.15) is 69.3 Å². The Hall–Kier alpha value is -3.39. The van der Waals surface area contributed by atoms with Gasteiger partial charge in [0.25, 0.3) is 11.8 Å². The molecule has 0 aliphatic heterocycles. The molecule has 1 heterocycles. The van der Waals surface area contributed by atoms with Gasteiger partial charge in [0.2, 0.25) is 5.91 Å². The van der Waals surface area contributed by atoms with Gasteiger partial charge in [-0.1, -0.05) is 70.9 Å². The lowest BCUT2D eigenvalue weighted by molar-refractivity contribution is -0.145. The van der Waals surface area contributed by atoms with Crippen LogP contribution >= 0.6 is 0 Å². The highest BCUT2D eigenvalue weighted by molar-refractivity contribution is 7.92. The van der Waals surface area contributed by atoms with E-state index < -0.39 is 62.9 Å². The topological polar surface area (TPSA) is 173 Å². The van der Waals surface area contributed by atoms with Gasteiger partial charge in [-0.3, -0.25) is 19.4 Å². The Balaban J connectivity index is 2.49. The number of ether oxygens (including phenoxy) is 2. The Bertz CT molecular complexity index is 1320. The molecule has 0 saturated carbocycles. The lowest BCUT2D eigenvalue weighted by atomic mass is 9.96. The molecule has 0 aliphatic rings. The number of pyridine rings is 1. The third kappa shape index (κ3) is 13.7. The van der Waals surface area contributed by atoms with Gasteiger partial charge in [0.1, 0.15) is 12.1 Å². The molecular weight excluding hydrogens is 624 g/mol. The molecule has 0 radical (unpaired) electrons. The summed E-state index contributed by atoms with van der Waals surface area (Å²) in [6.45, 7) is 8.13. The van der Waals surface area contributed by atoms with Gasteiger partial charge in [0.05, 0.1) is 35.8 Å². The molecule has 0 aliphatic carbocycles. The molecule has 0 bridgehead atoms. The molecule has 1 aromatic carbocycles. The van der Waals surface area contributed by atoms with Crippen LogP contribution in [-0.4, -0.2) is 98.4 Å². The first-order valence-corrected chi connectivity index (χ1v) is 18.0. The zero-order chi connectivity index (χ0) is 34.8. The predicted octanol–water partition coefficient (Wildman–Crippen LogP) is 2.46. The van der Waals surface area contributed by atoms with Gasteiger partial charge in [-0.2, -0.15) is 0 Å². The standard InChI is InChI=1S/C34H52N4O8S/c1-6-12-27(13-7-2)47(43,44)23-29(38-32(40)26-16-11-17-35-22-26)33(41)37-28(20-25-14-9-8-10-15-25)30(39)31(46-19-18-45-5)34(42)36-21-24(3)4/h8-11,14-17,22,24,27-31,39H,6-7,12-13,18-21,23H2,1-5H3,(H,36,42)(H,37,41)(H,38,40). The molecule has 47 heavy (non-hydrogen) atoms. The van der Waals surface area contributed by atoms with Crippen molar-refractivity contribution in [2.24, 2.45) is 5.92 Å². The first-order valence-electron chi connectivity index (χ1n) is 16.3. The minimum Gasteiger partial charge on any atom is -0.388 e. The van der Waals surface area contributed by atoms with E-state index in [0.717, 1.165) is 5.56 Å². The summed E-state index contributed by atoms with van der Waals surface area (Å²) in [7, 11) is -2.37. The molecule has 1 aromatic heterocycles. The number of benzene rings is 1. The third-order valence-corrected chi connectivity index (χ3v) is 9.84. The summed E-state index contributed by atoms with van der Waals surface area (Å²) >= 11 is 0. The van der Waals surface area contributed by atoms with E-state index in [1.807, 2.05) is 33.8 Å². The molecule has 2 aromatic rings. The van der Waals surface area contributed by atoms with Crippen molar-refractivity contribution in [3.05, 3.63) is 66.0 Å². The number of nitrogens with zero attached hydrogens (tertiary/aromatic N) is 1. The van der Waals surface area contributed by atoms with Crippen molar-refractivity contribution in [2.45, 2.75) is 89.3 Å². The second kappa shape index (κ2) is 20.8. The van der Waals surface area contributed by atoms with E-state index >= 15 is 0 Å². The monoisotopic (exact) mass is 676 g/mol. The molecule has 262 valence electrons. The van der Waals surface area contributed by atoms with Gasteiger partial charge < -0.3 is 30.5 Å². The summed E-state index contributed by atoms with van der Waals surface area (Å²) in [5.41, 5.74) is 0.889. The van der Waals surface area contributed by atoms with Crippen molar-refractivity contribution in [1.82, 2.24) is 20.9 Å². The van der Waals surface area contributed by atoms with Crippen molar-refractivity contribution >= 4 is 27.6 Å². The second-order valence-electron chi connectivity index (χ2n) is 12.0. The van der Waals surface area contributed by atoms with Gasteiger partial charge in [-0.05, 0) is 42.9 Å². The molecule has 2 rings (SSSR count). The van der Waals surface area contributed by atoms with Crippen LogP contribution in [0.2, 0.25) is 0 Å². The van der Waals surface area contributed by atoms with Crippen LogP contribution in [0.25, 0.3) is 0 Å². The summed E-state index contributed by atoms with van der Waals surface area (Å²) in [4.78, 5) is 44.4. The van der Waals surface area contributed by atoms with E-state index in [9.17, 15) is 27.9 Å². The third-order valence-electron chi connectivity index (χ3n) is 7.55. The maximum Gasteiger partial charge on any atom is 0.253 e. The Kier molecular flexibility index (Phi) is 17.6. The fourth-order valence-corrected chi connectivity index (χ4v) is 7.21. The van der Waals surface area contributed by atoms with Gasteiger partial charge in [0.15, 0.2) is 15.9 Å². The van der Waals surface area contributed by atoms with Crippen LogP contribution in [0, 0.1) is 5.92 Å². The zero-order valence-corrected chi connectivity index (χ0v) is 29.0. The van der Waals surface area contributed by atoms with Crippen LogP contribution in [-0.2, 0) is 35.3 Å². The normalized spacial score (nSPS) is 14.3. The Morgan fingerprint density at radius 2 is 1.62 bits per heavy atom. The van der Waals surface area contributed by atoms with Gasteiger partial charge in [-0.25, -0.2) is 8.42 Å².